The smallest absolute Gasteiger partial charge is 0.104 e. The minimum Gasteiger partial charge on any atom is -0.342 e. The number of hydrogen-bond acceptors (Lipinski definition) is 2. The molecule has 1 heterocycles. The van der Waals surface area contributed by atoms with E-state index in [1.54, 1.807) is 11.8 Å². The first-order chi connectivity index (χ1) is 8.33. The van der Waals surface area contributed by atoms with Gasteiger partial charge < -0.3 is 4.98 Å². The molecule has 0 aliphatic heterocycles. The summed E-state index contributed by atoms with van der Waals surface area (Å²) in [6, 6.07) is 16.6. The molecule has 0 saturated carbocycles. The molecule has 0 aliphatic rings. The van der Waals surface area contributed by atoms with E-state index in [0.717, 1.165) is 16.9 Å². The van der Waals surface area contributed by atoms with Gasteiger partial charge in [0.05, 0.1) is 5.52 Å². The van der Waals surface area contributed by atoms with Crippen LogP contribution in [0.2, 0.25) is 0 Å². The van der Waals surface area contributed by atoms with E-state index < -0.39 is 0 Å². The molecule has 1 aromatic heterocycles. The molecule has 3 aromatic rings. The van der Waals surface area contributed by atoms with Crippen molar-refractivity contribution >= 4 is 22.8 Å². The Morgan fingerprint density at radius 3 is 2.65 bits per heavy atom. The first kappa shape index (κ1) is 10.4. The minimum absolute atomic E-state index is 0.959. The van der Waals surface area contributed by atoms with Crippen molar-refractivity contribution in [2.75, 3.05) is 0 Å². The number of nitrogens with zero attached hydrogens (tertiary/aromatic N) is 1. The van der Waals surface area contributed by atoms with E-state index in [2.05, 4.69) is 52.4 Å². The topological polar surface area (TPSA) is 28.7 Å². The average molecular weight is 240 g/mol. The standard InChI is InChI=1S/C14H12N2S/c1-10-15-12-8-5-9-13(14(12)16-10)17-11-6-3-2-4-7-11/h2-9H,1H3,(H,15,16). The molecule has 0 fully saturated rings. The number of para-hydroxylation sites is 1. The number of H-pyrrole nitrogens is 1. The monoisotopic (exact) mass is 240 g/mol. The Morgan fingerprint density at radius 2 is 1.82 bits per heavy atom. The van der Waals surface area contributed by atoms with Crippen molar-refractivity contribution in [2.45, 2.75) is 16.7 Å². The molecule has 2 aromatic carbocycles. The molecule has 0 radical (unpaired) electrons. The number of rotatable bonds is 2. The molecular weight excluding hydrogens is 228 g/mol. The predicted molar refractivity (Wildman–Crippen MR) is 71.4 cm³/mol. The van der Waals surface area contributed by atoms with Crippen LogP contribution in [0.4, 0.5) is 0 Å². The molecule has 2 nitrogen and oxygen atoms in total. The van der Waals surface area contributed by atoms with Crippen LogP contribution in [0.3, 0.4) is 0 Å². The van der Waals surface area contributed by atoms with Crippen LogP contribution >= 0.6 is 11.8 Å². The lowest BCUT2D eigenvalue weighted by Gasteiger charge is -2.01. The van der Waals surface area contributed by atoms with Crippen molar-refractivity contribution in [2.24, 2.45) is 0 Å². The van der Waals surface area contributed by atoms with Crippen LogP contribution in [0.25, 0.3) is 11.0 Å². The summed E-state index contributed by atoms with van der Waals surface area (Å²) in [7, 11) is 0. The van der Waals surface area contributed by atoms with Gasteiger partial charge in [0.1, 0.15) is 11.3 Å². The van der Waals surface area contributed by atoms with Gasteiger partial charge in [0.25, 0.3) is 0 Å². The highest BCUT2D eigenvalue weighted by atomic mass is 32.2. The normalized spacial score (nSPS) is 10.9. The number of hydrogen-bond donors (Lipinski definition) is 1. The molecule has 0 aliphatic carbocycles. The van der Waals surface area contributed by atoms with Crippen LogP contribution in [0.1, 0.15) is 5.82 Å². The van der Waals surface area contributed by atoms with Crippen molar-refractivity contribution in [3.05, 3.63) is 54.4 Å². The molecule has 84 valence electrons. The number of imidazole rings is 1. The molecule has 17 heavy (non-hydrogen) atoms. The van der Waals surface area contributed by atoms with E-state index in [-0.39, 0.29) is 0 Å². The summed E-state index contributed by atoms with van der Waals surface area (Å²) in [5.41, 5.74) is 2.15. The highest BCUT2D eigenvalue weighted by Gasteiger charge is 2.06. The summed E-state index contributed by atoms with van der Waals surface area (Å²) in [6.07, 6.45) is 0. The number of benzene rings is 2. The molecule has 3 heteroatoms. The lowest BCUT2D eigenvalue weighted by Crippen LogP contribution is -1.77. The lowest BCUT2D eigenvalue weighted by molar-refractivity contribution is 1.17. The Hall–Kier alpha value is -1.74. The van der Waals surface area contributed by atoms with E-state index in [9.17, 15) is 0 Å². The zero-order valence-electron chi connectivity index (χ0n) is 9.47. The second-order valence-corrected chi connectivity index (χ2v) is 5.00. The largest absolute Gasteiger partial charge is 0.342 e. The number of nitrogens with one attached hydrogen (secondary N) is 1. The molecule has 0 unspecified atom stereocenters. The Morgan fingerprint density at radius 1 is 1.00 bits per heavy atom. The highest BCUT2D eigenvalue weighted by molar-refractivity contribution is 7.99. The van der Waals surface area contributed by atoms with Gasteiger partial charge in [-0.3, -0.25) is 0 Å². The van der Waals surface area contributed by atoms with Crippen LogP contribution < -0.4 is 0 Å². The second-order valence-electron chi connectivity index (χ2n) is 3.89. The summed E-state index contributed by atoms with van der Waals surface area (Å²) in [6.45, 7) is 1.98. The molecule has 0 saturated heterocycles. The molecule has 0 bridgehead atoms. The van der Waals surface area contributed by atoms with Crippen molar-refractivity contribution in [1.82, 2.24) is 9.97 Å². The number of aromatic nitrogens is 2. The molecule has 3 rings (SSSR count). The van der Waals surface area contributed by atoms with E-state index in [1.807, 2.05) is 13.0 Å². The molecule has 1 N–H and O–H groups in total. The van der Waals surface area contributed by atoms with Gasteiger partial charge in [-0.2, -0.15) is 0 Å². The maximum atomic E-state index is 4.53. The third kappa shape index (κ3) is 2.06. The SMILES string of the molecule is Cc1nc2c(Sc3ccccc3)cccc2[nH]1. The maximum Gasteiger partial charge on any atom is 0.104 e. The van der Waals surface area contributed by atoms with Gasteiger partial charge in [-0.15, -0.1) is 0 Å². The zero-order chi connectivity index (χ0) is 11.7. The lowest BCUT2D eigenvalue weighted by atomic mass is 10.3. The second kappa shape index (κ2) is 4.26. The fourth-order valence-corrected chi connectivity index (χ4v) is 2.77. The fraction of sp³-hybridized carbons (Fsp3) is 0.0714. The summed E-state index contributed by atoms with van der Waals surface area (Å²) in [5, 5.41) is 0. The fourth-order valence-electron chi connectivity index (χ4n) is 1.83. The Bertz CT molecular complexity index is 644. The van der Waals surface area contributed by atoms with Crippen LogP contribution in [0.15, 0.2) is 58.3 Å². The third-order valence-electron chi connectivity index (χ3n) is 2.57. The van der Waals surface area contributed by atoms with Gasteiger partial charge in [0, 0.05) is 9.79 Å². The van der Waals surface area contributed by atoms with Gasteiger partial charge in [0.2, 0.25) is 0 Å². The summed E-state index contributed by atoms with van der Waals surface area (Å²) in [5.74, 6) is 0.959. The van der Waals surface area contributed by atoms with E-state index in [4.69, 9.17) is 0 Å². The molecule has 0 spiro atoms. The minimum atomic E-state index is 0.959. The average Bonchev–Trinajstić information content (AvgIpc) is 2.72. The Labute approximate surface area is 104 Å². The van der Waals surface area contributed by atoms with Crippen LogP contribution in [-0.4, -0.2) is 9.97 Å². The van der Waals surface area contributed by atoms with Crippen molar-refractivity contribution < 1.29 is 0 Å². The van der Waals surface area contributed by atoms with Gasteiger partial charge in [-0.1, -0.05) is 36.0 Å². The summed E-state index contributed by atoms with van der Waals surface area (Å²) < 4.78 is 0. The molecule has 0 atom stereocenters. The van der Waals surface area contributed by atoms with Gasteiger partial charge >= 0.3 is 0 Å². The molecular formula is C14H12N2S. The zero-order valence-corrected chi connectivity index (χ0v) is 10.3. The summed E-state index contributed by atoms with van der Waals surface area (Å²) >= 11 is 1.75. The van der Waals surface area contributed by atoms with Gasteiger partial charge in [-0.25, -0.2) is 4.98 Å². The Balaban J connectivity index is 2.06. The van der Waals surface area contributed by atoms with Gasteiger partial charge in [0.15, 0.2) is 0 Å². The van der Waals surface area contributed by atoms with Crippen molar-refractivity contribution in [3.63, 3.8) is 0 Å². The number of aryl methyl sites for hydroxylation is 1. The number of fused-ring (bicyclic) bond motifs is 1. The van der Waals surface area contributed by atoms with Crippen molar-refractivity contribution in [3.8, 4) is 0 Å². The first-order valence-corrected chi connectivity index (χ1v) is 6.33. The van der Waals surface area contributed by atoms with Crippen molar-refractivity contribution in [1.29, 1.82) is 0 Å². The highest BCUT2D eigenvalue weighted by Crippen LogP contribution is 2.32. The van der Waals surface area contributed by atoms with Crippen LogP contribution in [0.5, 0.6) is 0 Å². The summed E-state index contributed by atoms with van der Waals surface area (Å²) in [4.78, 5) is 10.2. The van der Waals surface area contributed by atoms with E-state index in [0.29, 0.717) is 0 Å². The predicted octanol–water partition coefficient (Wildman–Crippen LogP) is 4.02. The maximum absolute atomic E-state index is 4.53. The third-order valence-corrected chi connectivity index (χ3v) is 3.62. The quantitative estimate of drug-likeness (QED) is 0.732. The Kier molecular flexibility index (Phi) is 2.61. The molecule has 0 amide bonds. The first-order valence-electron chi connectivity index (χ1n) is 5.51. The van der Waals surface area contributed by atoms with Crippen LogP contribution in [-0.2, 0) is 0 Å². The van der Waals surface area contributed by atoms with Crippen LogP contribution in [0, 0.1) is 6.92 Å². The van der Waals surface area contributed by atoms with E-state index in [1.165, 1.54) is 9.79 Å². The van der Waals surface area contributed by atoms with E-state index >= 15 is 0 Å². The van der Waals surface area contributed by atoms with Gasteiger partial charge in [-0.05, 0) is 31.2 Å². The number of aromatic amines is 1.